The molecule has 0 unspecified atom stereocenters. The molecule has 1 fully saturated rings. The Morgan fingerprint density at radius 1 is 1.38 bits per heavy atom. The first-order valence-corrected chi connectivity index (χ1v) is 9.38. The molecule has 0 radical (unpaired) electrons. The maximum Gasteiger partial charge on any atom is 0.193 e. The van der Waals surface area contributed by atoms with Crippen molar-refractivity contribution in [1.29, 1.82) is 0 Å². The molecule has 7 heteroatoms. The van der Waals surface area contributed by atoms with Gasteiger partial charge in [0.25, 0.3) is 0 Å². The Morgan fingerprint density at radius 3 is 2.85 bits per heavy atom. The Morgan fingerprint density at radius 2 is 2.15 bits per heavy atom. The summed E-state index contributed by atoms with van der Waals surface area (Å²) in [5.41, 5.74) is 1.16. The lowest BCUT2D eigenvalue weighted by molar-refractivity contribution is 0.0203. The van der Waals surface area contributed by atoms with Crippen LogP contribution in [0.25, 0.3) is 0 Å². The summed E-state index contributed by atoms with van der Waals surface area (Å²) in [4.78, 5) is 6.43. The van der Waals surface area contributed by atoms with Gasteiger partial charge in [-0.15, -0.1) is 24.0 Å². The van der Waals surface area contributed by atoms with Crippen molar-refractivity contribution in [1.82, 2.24) is 10.2 Å². The fourth-order valence-electron chi connectivity index (χ4n) is 2.91. The van der Waals surface area contributed by atoms with E-state index in [9.17, 15) is 0 Å². The van der Waals surface area contributed by atoms with Gasteiger partial charge in [-0.1, -0.05) is 23.7 Å². The van der Waals surface area contributed by atoms with Crippen molar-refractivity contribution in [2.75, 3.05) is 47.1 Å². The van der Waals surface area contributed by atoms with E-state index in [0.29, 0.717) is 5.92 Å². The standard InChI is InChI=1S/C19H30ClN3O2.HI/c1-21-19(23(2)14-17-5-3-6-18(20)13-17)22-9-4-10-25-15-16-7-11-24-12-8-16;/h3,5-6,13,16H,4,7-12,14-15H2,1-2H3,(H,21,22);1H. The molecule has 1 heterocycles. The number of benzene rings is 1. The summed E-state index contributed by atoms with van der Waals surface area (Å²) in [5, 5.41) is 4.15. The molecule has 0 spiro atoms. The van der Waals surface area contributed by atoms with E-state index < -0.39 is 0 Å². The highest BCUT2D eigenvalue weighted by molar-refractivity contribution is 14.0. The van der Waals surface area contributed by atoms with Crippen molar-refractivity contribution in [3.05, 3.63) is 34.9 Å². The largest absolute Gasteiger partial charge is 0.381 e. The highest BCUT2D eigenvalue weighted by Gasteiger charge is 2.13. The molecule has 1 N–H and O–H groups in total. The predicted octanol–water partition coefficient (Wildman–Crippen LogP) is 3.80. The van der Waals surface area contributed by atoms with Gasteiger partial charge in [0.1, 0.15) is 0 Å². The Hall–Kier alpha value is -0.570. The maximum absolute atomic E-state index is 6.04. The quantitative estimate of drug-likeness (QED) is 0.258. The number of halogens is 2. The fourth-order valence-corrected chi connectivity index (χ4v) is 3.12. The van der Waals surface area contributed by atoms with Crippen LogP contribution in [0.15, 0.2) is 29.3 Å². The molecular formula is C19H31ClIN3O2. The Labute approximate surface area is 179 Å². The number of nitrogens with one attached hydrogen (secondary N) is 1. The monoisotopic (exact) mass is 495 g/mol. The topological polar surface area (TPSA) is 46.1 Å². The van der Waals surface area contributed by atoms with E-state index in [1.165, 1.54) is 0 Å². The van der Waals surface area contributed by atoms with E-state index in [2.05, 4.69) is 21.3 Å². The third-order valence-corrected chi connectivity index (χ3v) is 4.56. The fraction of sp³-hybridized carbons (Fsp3) is 0.632. The smallest absolute Gasteiger partial charge is 0.193 e. The summed E-state index contributed by atoms with van der Waals surface area (Å²) < 4.78 is 11.2. The molecule has 0 saturated carbocycles. The second-order valence-corrected chi connectivity index (χ2v) is 6.88. The van der Waals surface area contributed by atoms with Gasteiger partial charge in [0.2, 0.25) is 0 Å². The first-order valence-electron chi connectivity index (χ1n) is 9.00. The van der Waals surface area contributed by atoms with Gasteiger partial charge in [-0.2, -0.15) is 0 Å². The zero-order chi connectivity index (χ0) is 17.9. The van der Waals surface area contributed by atoms with Crippen molar-refractivity contribution >= 4 is 41.5 Å². The molecule has 5 nitrogen and oxygen atoms in total. The second-order valence-electron chi connectivity index (χ2n) is 6.44. The van der Waals surface area contributed by atoms with Crippen molar-refractivity contribution in [2.45, 2.75) is 25.8 Å². The Balaban J connectivity index is 0.00000338. The molecule has 0 aromatic heterocycles. The number of nitrogens with zero attached hydrogens (tertiary/aromatic N) is 2. The number of guanidine groups is 1. The van der Waals surface area contributed by atoms with Gasteiger partial charge >= 0.3 is 0 Å². The van der Waals surface area contributed by atoms with E-state index in [1.807, 2.05) is 25.2 Å². The lowest BCUT2D eigenvalue weighted by atomic mass is 10.0. The van der Waals surface area contributed by atoms with E-state index in [1.54, 1.807) is 7.05 Å². The molecule has 0 bridgehead atoms. The average molecular weight is 496 g/mol. The highest BCUT2D eigenvalue weighted by Crippen LogP contribution is 2.14. The predicted molar refractivity (Wildman–Crippen MR) is 119 cm³/mol. The van der Waals surface area contributed by atoms with Crippen LogP contribution >= 0.6 is 35.6 Å². The summed E-state index contributed by atoms with van der Waals surface area (Å²) >= 11 is 6.04. The number of aliphatic imine (C=N–C) groups is 1. The van der Waals surface area contributed by atoms with Crippen LogP contribution in [0.4, 0.5) is 0 Å². The minimum Gasteiger partial charge on any atom is -0.381 e. The summed E-state index contributed by atoms with van der Waals surface area (Å²) in [5.74, 6) is 1.54. The zero-order valence-corrected chi connectivity index (χ0v) is 18.8. The summed E-state index contributed by atoms with van der Waals surface area (Å²) in [6, 6.07) is 7.91. The summed E-state index contributed by atoms with van der Waals surface area (Å²) in [6.45, 7) is 5.00. The van der Waals surface area contributed by atoms with Crippen LogP contribution in [0, 0.1) is 5.92 Å². The Kier molecular flexibility index (Phi) is 12.3. The second kappa shape index (κ2) is 13.6. The minimum atomic E-state index is 0. The SMILES string of the molecule is CN=C(NCCCOCC1CCOCC1)N(C)Cc1cccc(Cl)c1.I. The molecule has 0 amide bonds. The van der Waals surface area contributed by atoms with Crippen LogP contribution in [-0.2, 0) is 16.0 Å². The Bertz CT molecular complexity index is 539. The molecule has 2 rings (SSSR count). The summed E-state index contributed by atoms with van der Waals surface area (Å²) in [6.07, 6.45) is 3.21. The van der Waals surface area contributed by atoms with Crippen molar-refractivity contribution < 1.29 is 9.47 Å². The van der Waals surface area contributed by atoms with Crippen LogP contribution in [0.1, 0.15) is 24.8 Å². The molecule has 148 valence electrons. The van der Waals surface area contributed by atoms with Gasteiger partial charge in [-0.3, -0.25) is 4.99 Å². The van der Waals surface area contributed by atoms with Crippen molar-refractivity contribution in [3.8, 4) is 0 Å². The van der Waals surface area contributed by atoms with Gasteiger partial charge < -0.3 is 19.7 Å². The molecule has 1 aliphatic rings. The third-order valence-electron chi connectivity index (χ3n) is 4.33. The number of rotatable bonds is 8. The van der Waals surface area contributed by atoms with E-state index in [-0.39, 0.29) is 24.0 Å². The van der Waals surface area contributed by atoms with Crippen LogP contribution in [0.5, 0.6) is 0 Å². The lowest BCUT2D eigenvalue weighted by Crippen LogP contribution is -2.39. The highest BCUT2D eigenvalue weighted by atomic mass is 127. The first-order chi connectivity index (χ1) is 12.2. The average Bonchev–Trinajstić information content (AvgIpc) is 2.62. The molecular weight excluding hydrogens is 465 g/mol. The molecule has 1 aromatic carbocycles. The third kappa shape index (κ3) is 8.88. The van der Waals surface area contributed by atoms with E-state index >= 15 is 0 Å². The van der Waals surface area contributed by atoms with Crippen molar-refractivity contribution in [2.24, 2.45) is 10.9 Å². The number of hydrogen-bond donors (Lipinski definition) is 1. The molecule has 1 aliphatic heterocycles. The van der Waals surface area contributed by atoms with Crippen LogP contribution in [0.2, 0.25) is 5.02 Å². The number of hydrogen-bond acceptors (Lipinski definition) is 3. The summed E-state index contributed by atoms with van der Waals surface area (Å²) in [7, 11) is 3.83. The van der Waals surface area contributed by atoms with Crippen molar-refractivity contribution in [3.63, 3.8) is 0 Å². The molecule has 1 aromatic rings. The number of ether oxygens (including phenoxy) is 2. The van der Waals surface area contributed by atoms with E-state index in [0.717, 1.165) is 75.3 Å². The zero-order valence-electron chi connectivity index (χ0n) is 15.7. The molecule has 26 heavy (non-hydrogen) atoms. The normalized spacial score (nSPS) is 15.4. The van der Waals surface area contributed by atoms with Gasteiger partial charge in [-0.05, 0) is 42.9 Å². The van der Waals surface area contributed by atoms with Gasteiger partial charge in [0.05, 0.1) is 0 Å². The van der Waals surface area contributed by atoms with Gasteiger partial charge in [0.15, 0.2) is 5.96 Å². The van der Waals surface area contributed by atoms with Crippen LogP contribution < -0.4 is 5.32 Å². The van der Waals surface area contributed by atoms with E-state index in [4.69, 9.17) is 21.1 Å². The molecule has 0 atom stereocenters. The first kappa shape index (κ1) is 23.5. The molecule has 0 aliphatic carbocycles. The van der Waals surface area contributed by atoms with Crippen LogP contribution in [0.3, 0.4) is 0 Å². The lowest BCUT2D eigenvalue weighted by Gasteiger charge is -2.23. The van der Waals surface area contributed by atoms with Gasteiger partial charge in [0, 0.05) is 58.6 Å². The minimum absolute atomic E-state index is 0. The maximum atomic E-state index is 6.04. The van der Waals surface area contributed by atoms with Gasteiger partial charge in [-0.25, -0.2) is 0 Å². The molecule has 1 saturated heterocycles. The van der Waals surface area contributed by atoms with Crippen LogP contribution in [-0.4, -0.2) is 57.9 Å².